The van der Waals surface area contributed by atoms with E-state index < -0.39 is 17.6 Å². The van der Waals surface area contributed by atoms with Crippen molar-refractivity contribution in [1.29, 1.82) is 0 Å². The van der Waals surface area contributed by atoms with E-state index in [4.69, 9.17) is 4.74 Å². The molecular formula is C20H32O4. The van der Waals surface area contributed by atoms with Gasteiger partial charge in [-0.15, -0.1) is 0 Å². The highest BCUT2D eigenvalue weighted by molar-refractivity contribution is 5.88. The van der Waals surface area contributed by atoms with E-state index in [1.807, 2.05) is 14.0 Å². The van der Waals surface area contributed by atoms with Crippen LogP contribution in [-0.4, -0.2) is 41.4 Å². The molecule has 0 amide bonds. The van der Waals surface area contributed by atoms with Crippen LogP contribution in [0.1, 0.15) is 58.8 Å². The fraction of sp³-hybridized carbons (Fsp3) is 0.950. The van der Waals surface area contributed by atoms with Crippen molar-refractivity contribution in [3.63, 3.8) is 0 Å². The Hall–Kier alpha value is -0.450. The van der Waals surface area contributed by atoms with Crippen molar-refractivity contribution in [1.82, 2.24) is 0 Å². The van der Waals surface area contributed by atoms with Gasteiger partial charge >= 0.3 is 0 Å². The van der Waals surface area contributed by atoms with Crippen LogP contribution in [0.2, 0.25) is 0 Å². The Balaban J connectivity index is 1.67. The Morgan fingerprint density at radius 2 is 1.88 bits per heavy atom. The summed E-state index contributed by atoms with van der Waals surface area (Å²) < 4.78 is 5.62. The summed E-state index contributed by atoms with van der Waals surface area (Å²) in [5, 5.41) is 21.5. The summed E-state index contributed by atoms with van der Waals surface area (Å²) in [5.41, 5.74) is -0.515. The summed E-state index contributed by atoms with van der Waals surface area (Å²) in [5.74, 6) is 1.45. The van der Waals surface area contributed by atoms with E-state index >= 15 is 0 Å². The summed E-state index contributed by atoms with van der Waals surface area (Å²) in [7, 11) is 1.81. The van der Waals surface area contributed by atoms with Gasteiger partial charge in [0.15, 0.2) is 0 Å². The van der Waals surface area contributed by atoms with Crippen molar-refractivity contribution >= 4 is 5.78 Å². The molecule has 4 heteroatoms. The first kappa shape index (κ1) is 17.0. The van der Waals surface area contributed by atoms with E-state index in [-0.39, 0.29) is 23.5 Å². The van der Waals surface area contributed by atoms with Crippen molar-refractivity contribution in [2.45, 2.75) is 77.1 Å². The molecule has 4 fully saturated rings. The molecule has 0 saturated heterocycles. The molecule has 2 N–H and O–H groups in total. The van der Waals surface area contributed by atoms with E-state index in [1.165, 1.54) is 6.42 Å². The number of Topliss-reactive ketones (excluding diaryl/α,β-unsaturated/α-hetero) is 1. The SMILES string of the molecule is CO[C@H]1CC[C@@]2(C)[C@@H](CC[C@H]3[C@@H]4[C@@H](O)CC(=O)[C@@]4(C)[C@@H](O)C[C@@H]32)C1. The Morgan fingerprint density at radius 3 is 2.58 bits per heavy atom. The summed E-state index contributed by atoms with van der Waals surface area (Å²) in [6, 6.07) is 0. The van der Waals surface area contributed by atoms with Gasteiger partial charge < -0.3 is 14.9 Å². The van der Waals surface area contributed by atoms with Crippen molar-refractivity contribution in [3.05, 3.63) is 0 Å². The van der Waals surface area contributed by atoms with Crippen LogP contribution in [0.25, 0.3) is 0 Å². The van der Waals surface area contributed by atoms with Crippen LogP contribution in [0.4, 0.5) is 0 Å². The predicted octanol–water partition coefficient (Wildman–Crippen LogP) is 2.55. The molecule has 4 nitrogen and oxygen atoms in total. The molecule has 24 heavy (non-hydrogen) atoms. The number of hydrogen-bond acceptors (Lipinski definition) is 4. The van der Waals surface area contributed by atoms with Crippen molar-refractivity contribution < 1.29 is 19.7 Å². The van der Waals surface area contributed by atoms with Crippen LogP contribution in [-0.2, 0) is 9.53 Å². The van der Waals surface area contributed by atoms with Crippen LogP contribution in [0.5, 0.6) is 0 Å². The predicted molar refractivity (Wildman–Crippen MR) is 90.3 cm³/mol. The first-order valence-corrected chi connectivity index (χ1v) is 9.74. The largest absolute Gasteiger partial charge is 0.392 e. The lowest BCUT2D eigenvalue weighted by Gasteiger charge is -2.61. The number of ether oxygens (including phenoxy) is 1. The molecule has 0 unspecified atom stereocenters. The van der Waals surface area contributed by atoms with Gasteiger partial charge in [-0.25, -0.2) is 0 Å². The fourth-order valence-corrected chi connectivity index (χ4v) is 7.23. The Labute approximate surface area is 145 Å². The van der Waals surface area contributed by atoms with Crippen LogP contribution in [0.3, 0.4) is 0 Å². The van der Waals surface area contributed by atoms with Crippen LogP contribution in [0.15, 0.2) is 0 Å². The quantitative estimate of drug-likeness (QED) is 0.772. The fourth-order valence-electron chi connectivity index (χ4n) is 7.23. The number of carbonyl (C=O) groups excluding carboxylic acids is 1. The van der Waals surface area contributed by atoms with Crippen molar-refractivity contribution in [2.75, 3.05) is 7.11 Å². The molecule has 0 radical (unpaired) electrons. The molecule has 0 aliphatic heterocycles. The minimum absolute atomic E-state index is 0.0586. The highest BCUT2D eigenvalue weighted by Gasteiger charge is 2.66. The zero-order chi connectivity index (χ0) is 17.3. The van der Waals surface area contributed by atoms with Gasteiger partial charge in [0.25, 0.3) is 0 Å². The number of rotatable bonds is 1. The van der Waals surface area contributed by atoms with E-state index in [1.54, 1.807) is 0 Å². The number of ketones is 1. The molecule has 4 aliphatic rings. The summed E-state index contributed by atoms with van der Waals surface area (Å²) in [4.78, 5) is 12.5. The average Bonchev–Trinajstić information content (AvgIpc) is 2.79. The normalized spacial score (nSPS) is 57.2. The molecule has 9 atom stereocenters. The molecular weight excluding hydrogens is 304 g/mol. The maximum absolute atomic E-state index is 12.5. The summed E-state index contributed by atoms with van der Waals surface area (Å²) in [6.45, 7) is 4.31. The number of carbonyl (C=O) groups is 1. The third kappa shape index (κ3) is 2.05. The van der Waals surface area contributed by atoms with Crippen LogP contribution < -0.4 is 0 Å². The van der Waals surface area contributed by atoms with Gasteiger partial charge in [-0.3, -0.25) is 4.79 Å². The maximum atomic E-state index is 12.5. The lowest BCUT2D eigenvalue weighted by atomic mass is 9.44. The molecule has 0 bridgehead atoms. The van der Waals surface area contributed by atoms with E-state index in [2.05, 4.69) is 6.92 Å². The van der Waals surface area contributed by atoms with Gasteiger partial charge in [0, 0.05) is 19.4 Å². The first-order valence-electron chi connectivity index (χ1n) is 9.74. The Kier molecular flexibility index (Phi) is 3.91. The molecule has 0 spiro atoms. The lowest BCUT2D eigenvalue weighted by Crippen LogP contribution is -2.59. The topological polar surface area (TPSA) is 66.8 Å². The molecule has 0 aromatic heterocycles. The van der Waals surface area contributed by atoms with Crippen LogP contribution >= 0.6 is 0 Å². The molecule has 0 heterocycles. The maximum Gasteiger partial charge on any atom is 0.144 e. The van der Waals surface area contributed by atoms with Gasteiger partial charge in [0.1, 0.15) is 5.78 Å². The number of aliphatic hydroxyl groups is 2. The molecule has 0 aromatic carbocycles. The van der Waals surface area contributed by atoms with Gasteiger partial charge in [0.2, 0.25) is 0 Å². The van der Waals surface area contributed by atoms with E-state index in [0.29, 0.717) is 23.9 Å². The zero-order valence-electron chi connectivity index (χ0n) is 15.2. The van der Waals surface area contributed by atoms with Gasteiger partial charge in [0.05, 0.1) is 23.7 Å². The average molecular weight is 336 g/mol. The molecule has 4 rings (SSSR count). The van der Waals surface area contributed by atoms with Gasteiger partial charge in [-0.05, 0) is 68.6 Å². The number of methoxy groups -OCH3 is 1. The molecule has 0 aromatic rings. The third-order valence-electron chi connectivity index (χ3n) is 8.76. The van der Waals surface area contributed by atoms with Gasteiger partial charge in [-0.1, -0.05) is 6.92 Å². The van der Waals surface area contributed by atoms with E-state index in [9.17, 15) is 15.0 Å². The second-order valence-electron chi connectivity index (χ2n) is 9.44. The zero-order valence-corrected chi connectivity index (χ0v) is 15.2. The Morgan fingerprint density at radius 1 is 1.12 bits per heavy atom. The Bertz CT molecular complexity index is 534. The molecule has 136 valence electrons. The summed E-state index contributed by atoms with van der Waals surface area (Å²) >= 11 is 0. The number of fused-ring (bicyclic) bond motifs is 5. The minimum atomic E-state index is -0.729. The van der Waals surface area contributed by atoms with Crippen LogP contribution in [0, 0.1) is 34.5 Å². The van der Waals surface area contributed by atoms with Gasteiger partial charge in [-0.2, -0.15) is 0 Å². The lowest BCUT2D eigenvalue weighted by molar-refractivity contribution is -0.179. The standard InChI is InChI=1S/C20H32O4/c1-19-7-6-12(24-3)8-11(19)4-5-13-14(19)9-16(22)20(2)17(23)10-15(21)18(13)20/h11-16,18,21-22H,4-10H2,1-3H3/t11-,12-,13+,14-,15-,16-,18+,19-,20+/m0/s1. The minimum Gasteiger partial charge on any atom is -0.392 e. The number of aliphatic hydroxyl groups excluding tert-OH is 2. The highest BCUT2D eigenvalue weighted by atomic mass is 16.5. The smallest absolute Gasteiger partial charge is 0.144 e. The number of hydrogen-bond donors (Lipinski definition) is 2. The van der Waals surface area contributed by atoms with Crippen molar-refractivity contribution in [3.8, 4) is 0 Å². The van der Waals surface area contributed by atoms with E-state index in [0.717, 1.165) is 32.1 Å². The molecule has 4 saturated carbocycles. The second kappa shape index (κ2) is 5.52. The molecule has 4 aliphatic carbocycles. The van der Waals surface area contributed by atoms with Crippen molar-refractivity contribution in [2.24, 2.45) is 34.5 Å². The highest BCUT2D eigenvalue weighted by Crippen LogP contribution is 2.65. The third-order valence-corrected chi connectivity index (χ3v) is 8.76. The monoisotopic (exact) mass is 336 g/mol. The summed E-state index contributed by atoms with van der Waals surface area (Å²) in [6.07, 6.45) is 5.74. The second-order valence-corrected chi connectivity index (χ2v) is 9.44. The first-order chi connectivity index (χ1) is 11.3.